The minimum Gasteiger partial charge on any atom is -0.493 e. The van der Waals surface area contributed by atoms with Crippen molar-refractivity contribution >= 4 is 12.0 Å². The highest BCUT2D eigenvalue weighted by Gasteiger charge is 2.23. The highest BCUT2D eigenvalue weighted by Crippen LogP contribution is 2.28. The first-order valence-electron chi connectivity index (χ1n) is 7.90. The van der Waals surface area contributed by atoms with Gasteiger partial charge in [-0.05, 0) is 49.5 Å². The molecule has 1 aliphatic rings. The zero-order valence-corrected chi connectivity index (χ0v) is 13.7. The van der Waals surface area contributed by atoms with Crippen molar-refractivity contribution in [2.75, 3.05) is 20.8 Å². The Morgan fingerprint density at radius 2 is 2.05 bits per heavy atom. The van der Waals surface area contributed by atoms with E-state index in [2.05, 4.69) is 6.92 Å². The first-order valence-corrected chi connectivity index (χ1v) is 7.90. The third kappa shape index (κ3) is 3.81. The molecule has 0 radical (unpaired) electrons. The average Bonchev–Trinajstić information content (AvgIpc) is 2.59. The zero-order valence-electron chi connectivity index (χ0n) is 13.7. The normalized spacial score (nSPS) is 18.5. The lowest BCUT2D eigenvalue weighted by Crippen LogP contribution is -2.42. The number of benzene rings is 1. The molecule has 4 heteroatoms. The standard InChI is InChI=1S/C18H25NO3/c1-4-15-7-5-6-12-19(15)18(20)11-9-14-8-10-16(21-2)17(13-14)22-3/h8-11,13,15H,4-7,12H2,1-3H3/b11-9+/t15-/m0/s1. The van der Waals surface area contributed by atoms with Crippen LogP contribution in [0.4, 0.5) is 0 Å². The van der Waals surface area contributed by atoms with Crippen LogP contribution < -0.4 is 9.47 Å². The monoisotopic (exact) mass is 303 g/mol. The van der Waals surface area contributed by atoms with Crippen molar-refractivity contribution in [3.05, 3.63) is 29.8 Å². The van der Waals surface area contributed by atoms with Crippen LogP contribution >= 0.6 is 0 Å². The fraction of sp³-hybridized carbons (Fsp3) is 0.500. The van der Waals surface area contributed by atoms with Crippen molar-refractivity contribution in [3.63, 3.8) is 0 Å². The van der Waals surface area contributed by atoms with Crippen LogP contribution in [0.1, 0.15) is 38.2 Å². The molecule has 0 unspecified atom stereocenters. The smallest absolute Gasteiger partial charge is 0.246 e. The predicted molar refractivity (Wildman–Crippen MR) is 88.2 cm³/mol. The van der Waals surface area contributed by atoms with Gasteiger partial charge >= 0.3 is 0 Å². The summed E-state index contributed by atoms with van der Waals surface area (Å²) in [6, 6.07) is 6.02. The molecule has 1 fully saturated rings. The molecule has 0 saturated carbocycles. The summed E-state index contributed by atoms with van der Waals surface area (Å²) in [5, 5.41) is 0. The molecule has 4 nitrogen and oxygen atoms in total. The molecule has 1 aromatic rings. The van der Waals surface area contributed by atoms with Gasteiger partial charge in [-0.25, -0.2) is 0 Å². The van der Waals surface area contributed by atoms with Gasteiger partial charge in [0, 0.05) is 18.7 Å². The Morgan fingerprint density at radius 3 is 2.73 bits per heavy atom. The number of hydrogen-bond donors (Lipinski definition) is 0. The Balaban J connectivity index is 2.08. The van der Waals surface area contributed by atoms with Gasteiger partial charge in [-0.15, -0.1) is 0 Å². The molecular weight excluding hydrogens is 278 g/mol. The molecule has 1 heterocycles. The molecule has 1 aromatic carbocycles. The summed E-state index contributed by atoms with van der Waals surface area (Å²) >= 11 is 0. The van der Waals surface area contributed by atoms with Crippen molar-refractivity contribution < 1.29 is 14.3 Å². The molecule has 0 spiro atoms. The largest absolute Gasteiger partial charge is 0.493 e. The zero-order chi connectivity index (χ0) is 15.9. The maximum absolute atomic E-state index is 12.4. The summed E-state index contributed by atoms with van der Waals surface area (Å²) < 4.78 is 10.5. The van der Waals surface area contributed by atoms with Gasteiger partial charge in [-0.2, -0.15) is 0 Å². The molecule has 0 bridgehead atoms. The van der Waals surface area contributed by atoms with E-state index < -0.39 is 0 Å². The van der Waals surface area contributed by atoms with Crippen LogP contribution in [-0.4, -0.2) is 37.6 Å². The number of carbonyl (C=O) groups is 1. The molecule has 1 aliphatic heterocycles. The number of nitrogens with zero attached hydrogens (tertiary/aromatic N) is 1. The van der Waals surface area contributed by atoms with Gasteiger partial charge in [0.2, 0.25) is 5.91 Å². The van der Waals surface area contributed by atoms with Gasteiger partial charge in [0.15, 0.2) is 11.5 Å². The number of methoxy groups -OCH3 is 2. The molecule has 0 aliphatic carbocycles. The SMILES string of the molecule is CC[C@H]1CCCCN1C(=O)/C=C/c1ccc(OC)c(OC)c1. The van der Waals surface area contributed by atoms with E-state index in [9.17, 15) is 4.79 Å². The van der Waals surface area contributed by atoms with Crippen molar-refractivity contribution in [2.45, 2.75) is 38.6 Å². The fourth-order valence-corrected chi connectivity index (χ4v) is 2.93. The van der Waals surface area contributed by atoms with Gasteiger partial charge in [0.05, 0.1) is 14.2 Å². The number of piperidine rings is 1. The second kappa shape index (κ2) is 7.87. The molecule has 0 N–H and O–H groups in total. The second-order valence-corrected chi connectivity index (χ2v) is 5.54. The first kappa shape index (κ1) is 16.4. The fourth-order valence-electron chi connectivity index (χ4n) is 2.93. The number of ether oxygens (including phenoxy) is 2. The van der Waals surface area contributed by atoms with Gasteiger partial charge in [0.1, 0.15) is 0 Å². The number of carbonyl (C=O) groups excluding carboxylic acids is 1. The maximum atomic E-state index is 12.4. The van der Waals surface area contributed by atoms with E-state index in [1.54, 1.807) is 20.3 Å². The molecule has 1 atom stereocenters. The number of amides is 1. The van der Waals surface area contributed by atoms with Crippen LogP contribution in [0.3, 0.4) is 0 Å². The van der Waals surface area contributed by atoms with E-state index in [1.807, 2.05) is 29.2 Å². The van der Waals surface area contributed by atoms with Gasteiger partial charge in [0.25, 0.3) is 0 Å². The third-order valence-electron chi connectivity index (χ3n) is 4.21. The number of likely N-dealkylation sites (tertiary alicyclic amines) is 1. The van der Waals surface area contributed by atoms with Crippen molar-refractivity contribution in [2.24, 2.45) is 0 Å². The Morgan fingerprint density at radius 1 is 1.27 bits per heavy atom. The number of rotatable bonds is 5. The van der Waals surface area contributed by atoms with E-state index >= 15 is 0 Å². The lowest BCUT2D eigenvalue weighted by molar-refractivity contribution is -0.129. The summed E-state index contributed by atoms with van der Waals surface area (Å²) in [7, 11) is 3.22. The molecule has 1 saturated heterocycles. The summed E-state index contributed by atoms with van der Waals surface area (Å²) in [5.41, 5.74) is 0.927. The Bertz CT molecular complexity index is 539. The highest BCUT2D eigenvalue weighted by molar-refractivity contribution is 5.92. The molecule has 22 heavy (non-hydrogen) atoms. The van der Waals surface area contributed by atoms with Crippen molar-refractivity contribution in [1.29, 1.82) is 0 Å². The quantitative estimate of drug-likeness (QED) is 0.781. The predicted octanol–water partition coefficient (Wildman–Crippen LogP) is 3.51. The summed E-state index contributed by atoms with van der Waals surface area (Å²) in [4.78, 5) is 14.4. The van der Waals surface area contributed by atoms with Crippen molar-refractivity contribution in [1.82, 2.24) is 4.90 Å². The molecule has 2 rings (SSSR count). The van der Waals surface area contributed by atoms with Crippen LogP contribution in [0, 0.1) is 0 Å². The van der Waals surface area contributed by atoms with Crippen LogP contribution in [0.25, 0.3) is 6.08 Å². The minimum absolute atomic E-state index is 0.0985. The van der Waals surface area contributed by atoms with Gasteiger partial charge < -0.3 is 14.4 Å². The van der Waals surface area contributed by atoms with Crippen LogP contribution in [0.2, 0.25) is 0 Å². The van der Waals surface area contributed by atoms with E-state index in [-0.39, 0.29) is 5.91 Å². The molecular formula is C18H25NO3. The number of hydrogen-bond acceptors (Lipinski definition) is 3. The summed E-state index contributed by atoms with van der Waals surface area (Å²) in [6.45, 7) is 3.02. The third-order valence-corrected chi connectivity index (χ3v) is 4.21. The highest BCUT2D eigenvalue weighted by atomic mass is 16.5. The van der Waals surface area contributed by atoms with E-state index in [1.165, 1.54) is 6.42 Å². The minimum atomic E-state index is 0.0985. The lowest BCUT2D eigenvalue weighted by atomic mass is 10.00. The second-order valence-electron chi connectivity index (χ2n) is 5.54. The average molecular weight is 303 g/mol. The van der Waals surface area contributed by atoms with Gasteiger partial charge in [-0.3, -0.25) is 4.79 Å². The van der Waals surface area contributed by atoms with E-state index in [4.69, 9.17) is 9.47 Å². The molecule has 1 amide bonds. The molecule has 120 valence electrons. The summed E-state index contributed by atoms with van der Waals surface area (Å²) in [6.07, 6.45) is 7.97. The Kier molecular flexibility index (Phi) is 5.87. The van der Waals surface area contributed by atoms with Crippen molar-refractivity contribution in [3.8, 4) is 11.5 Å². The lowest BCUT2D eigenvalue weighted by Gasteiger charge is -2.34. The summed E-state index contributed by atoms with van der Waals surface area (Å²) in [5.74, 6) is 1.45. The van der Waals surface area contributed by atoms with E-state index in [0.29, 0.717) is 17.5 Å². The van der Waals surface area contributed by atoms with Crippen LogP contribution in [0.15, 0.2) is 24.3 Å². The molecule has 0 aromatic heterocycles. The maximum Gasteiger partial charge on any atom is 0.246 e. The van der Waals surface area contributed by atoms with Crippen LogP contribution in [-0.2, 0) is 4.79 Å². The van der Waals surface area contributed by atoms with E-state index in [0.717, 1.165) is 31.4 Å². The topological polar surface area (TPSA) is 38.8 Å². The first-order chi connectivity index (χ1) is 10.7. The Hall–Kier alpha value is -1.97. The van der Waals surface area contributed by atoms with Gasteiger partial charge in [-0.1, -0.05) is 13.0 Å². The Labute approximate surface area is 132 Å². The van der Waals surface area contributed by atoms with Crippen LogP contribution in [0.5, 0.6) is 11.5 Å².